The first kappa shape index (κ1) is 9.37. The Morgan fingerprint density at radius 2 is 2.20 bits per heavy atom. The maximum atomic E-state index is 4.91. The topological polar surface area (TPSA) is 21.6 Å². The normalized spacial score (nSPS) is 12.9. The van der Waals surface area contributed by atoms with Gasteiger partial charge in [-0.05, 0) is 13.8 Å². The molecule has 0 aliphatic carbocycles. The van der Waals surface area contributed by atoms with E-state index in [9.17, 15) is 0 Å². The van der Waals surface area contributed by atoms with Crippen molar-refractivity contribution in [1.29, 1.82) is 0 Å². The van der Waals surface area contributed by atoms with Crippen molar-refractivity contribution in [2.45, 2.75) is 20.3 Å². The summed E-state index contributed by atoms with van der Waals surface area (Å²) in [6.07, 6.45) is 4.70. The predicted molar refractivity (Wildman–Crippen MR) is 44.4 cm³/mol. The van der Waals surface area contributed by atoms with Crippen LogP contribution in [0.15, 0.2) is 16.8 Å². The zero-order valence-electron chi connectivity index (χ0n) is 6.92. The fourth-order valence-electron chi connectivity index (χ4n) is 0.656. The van der Waals surface area contributed by atoms with Gasteiger partial charge in [0.2, 0.25) is 0 Å². The van der Waals surface area contributed by atoms with Crippen LogP contribution in [0, 0.1) is 0 Å². The van der Waals surface area contributed by atoms with Gasteiger partial charge in [-0.25, -0.2) is 0 Å². The molecule has 0 aromatic heterocycles. The number of rotatable bonds is 4. The molecule has 0 aliphatic rings. The lowest BCUT2D eigenvalue weighted by atomic mass is 10.3. The van der Waals surface area contributed by atoms with Gasteiger partial charge in [0, 0.05) is 25.4 Å². The van der Waals surface area contributed by atoms with Crippen LogP contribution in [0.3, 0.4) is 0 Å². The lowest BCUT2D eigenvalue weighted by Crippen LogP contribution is -1.89. The fourth-order valence-corrected chi connectivity index (χ4v) is 0.656. The lowest BCUT2D eigenvalue weighted by Gasteiger charge is -1.97. The molecule has 0 aliphatic heterocycles. The summed E-state index contributed by atoms with van der Waals surface area (Å²) >= 11 is 0. The Hall–Kier alpha value is -0.630. The molecule has 0 rings (SSSR count). The van der Waals surface area contributed by atoms with Crippen LogP contribution in [-0.4, -0.2) is 19.9 Å². The number of nitrogens with zero attached hydrogens (tertiary/aromatic N) is 1. The van der Waals surface area contributed by atoms with E-state index in [-0.39, 0.29) is 0 Å². The quantitative estimate of drug-likeness (QED) is 0.549. The van der Waals surface area contributed by atoms with Crippen molar-refractivity contribution in [3.05, 3.63) is 11.8 Å². The van der Waals surface area contributed by atoms with Crippen LogP contribution in [0.4, 0.5) is 0 Å². The third-order valence-corrected chi connectivity index (χ3v) is 1.19. The highest BCUT2D eigenvalue weighted by molar-refractivity contribution is 5.55. The average Bonchev–Trinajstić information content (AvgIpc) is 1.98. The van der Waals surface area contributed by atoms with E-state index in [4.69, 9.17) is 4.74 Å². The summed E-state index contributed by atoms with van der Waals surface area (Å²) in [6.45, 7) is 4.64. The molecule has 0 amide bonds. The van der Waals surface area contributed by atoms with Gasteiger partial charge >= 0.3 is 0 Å². The summed E-state index contributed by atoms with van der Waals surface area (Å²) in [7, 11) is 1.70. The molecular formula is C8H15NO. The highest BCUT2D eigenvalue weighted by Crippen LogP contribution is 2.01. The maximum Gasteiger partial charge on any atom is 0.0517 e. The third-order valence-electron chi connectivity index (χ3n) is 1.19. The number of hydrogen-bond donors (Lipinski definition) is 0. The fraction of sp³-hybridized carbons (Fsp3) is 0.625. The Balaban J connectivity index is 3.62. The molecule has 2 nitrogen and oxygen atoms in total. The molecule has 10 heavy (non-hydrogen) atoms. The molecule has 0 radical (unpaired) electrons. The highest BCUT2D eigenvalue weighted by atomic mass is 16.5. The number of ether oxygens (including phenoxy) is 1. The molecule has 58 valence electrons. The van der Waals surface area contributed by atoms with Crippen LogP contribution >= 0.6 is 0 Å². The number of methoxy groups -OCH3 is 1. The van der Waals surface area contributed by atoms with Gasteiger partial charge in [0.25, 0.3) is 0 Å². The molecule has 0 spiro atoms. The van der Waals surface area contributed by atoms with Gasteiger partial charge in [0.05, 0.1) is 6.61 Å². The van der Waals surface area contributed by atoms with E-state index in [0.717, 1.165) is 18.7 Å². The van der Waals surface area contributed by atoms with E-state index in [1.807, 2.05) is 19.9 Å². The van der Waals surface area contributed by atoms with Crippen LogP contribution in [-0.2, 0) is 4.74 Å². The number of allylic oxidation sites excluding steroid dienone is 1. The minimum Gasteiger partial charge on any atom is -0.384 e. The summed E-state index contributed by atoms with van der Waals surface area (Å²) in [6, 6.07) is 0. The molecule has 0 atom stereocenters. The van der Waals surface area contributed by atoms with E-state index < -0.39 is 0 Å². The molecule has 0 bridgehead atoms. The monoisotopic (exact) mass is 141 g/mol. The third kappa shape index (κ3) is 4.27. The van der Waals surface area contributed by atoms with Crippen molar-refractivity contribution in [3.8, 4) is 0 Å². The van der Waals surface area contributed by atoms with Crippen molar-refractivity contribution in [1.82, 2.24) is 0 Å². The Kier molecular flexibility index (Phi) is 6.08. The van der Waals surface area contributed by atoms with Crippen molar-refractivity contribution in [2.24, 2.45) is 4.99 Å². The van der Waals surface area contributed by atoms with E-state index in [1.54, 1.807) is 13.3 Å². The van der Waals surface area contributed by atoms with Gasteiger partial charge in [0.15, 0.2) is 0 Å². The maximum absolute atomic E-state index is 4.91. The first-order valence-electron chi connectivity index (χ1n) is 3.48. The van der Waals surface area contributed by atoms with Crippen LogP contribution in [0.5, 0.6) is 0 Å². The van der Waals surface area contributed by atoms with Crippen LogP contribution in [0.1, 0.15) is 20.3 Å². The van der Waals surface area contributed by atoms with E-state index in [0.29, 0.717) is 0 Å². The number of aliphatic imine (C=N–C) groups is 1. The van der Waals surface area contributed by atoms with Crippen molar-refractivity contribution in [3.63, 3.8) is 0 Å². The second-order valence-corrected chi connectivity index (χ2v) is 1.91. The molecule has 0 unspecified atom stereocenters. The van der Waals surface area contributed by atoms with Gasteiger partial charge in [-0.3, -0.25) is 4.99 Å². The van der Waals surface area contributed by atoms with Gasteiger partial charge in [-0.1, -0.05) is 6.08 Å². The molecule has 0 fully saturated rings. The molecule has 0 saturated carbocycles. The summed E-state index contributed by atoms with van der Waals surface area (Å²) < 4.78 is 4.91. The summed E-state index contributed by atoms with van der Waals surface area (Å²) in [5.74, 6) is 0. The standard InChI is InChI=1S/C8H15NO/c1-4-8(9-5-2)6-7-10-3/h4-5H,6-7H2,1-3H3/b8-4-,9-5?. The van der Waals surface area contributed by atoms with Crippen molar-refractivity contribution < 1.29 is 4.74 Å². The summed E-state index contributed by atoms with van der Waals surface area (Å²) in [5, 5.41) is 0. The molecule has 0 N–H and O–H groups in total. The summed E-state index contributed by atoms with van der Waals surface area (Å²) in [5.41, 5.74) is 1.09. The molecule has 0 saturated heterocycles. The zero-order chi connectivity index (χ0) is 7.82. The van der Waals surface area contributed by atoms with Gasteiger partial charge < -0.3 is 4.74 Å². The van der Waals surface area contributed by atoms with Crippen LogP contribution in [0.2, 0.25) is 0 Å². The second-order valence-electron chi connectivity index (χ2n) is 1.91. The SMILES string of the molecule is CC=N/C(=C\C)CCOC. The van der Waals surface area contributed by atoms with Crippen LogP contribution in [0.25, 0.3) is 0 Å². The van der Waals surface area contributed by atoms with E-state index in [1.165, 1.54) is 0 Å². The molecule has 0 heterocycles. The van der Waals surface area contributed by atoms with Gasteiger partial charge in [-0.15, -0.1) is 0 Å². The molecular weight excluding hydrogens is 126 g/mol. The minimum absolute atomic E-state index is 0.747. The molecule has 2 heteroatoms. The van der Waals surface area contributed by atoms with Crippen LogP contribution < -0.4 is 0 Å². The van der Waals surface area contributed by atoms with Gasteiger partial charge in [0.1, 0.15) is 0 Å². The number of hydrogen-bond acceptors (Lipinski definition) is 2. The zero-order valence-corrected chi connectivity index (χ0v) is 6.92. The molecule has 0 aromatic carbocycles. The molecule has 0 aromatic rings. The summed E-state index contributed by atoms with van der Waals surface area (Å²) in [4.78, 5) is 4.14. The lowest BCUT2D eigenvalue weighted by molar-refractivity contribution is 0.202. The predicted octanol–water partition coefficient (Wildman–Crippen LogP) is 2.02. The first-order chi connectivity index (χ1) is 4.85. The largest absolute Gasteiger partial charge is 0.384 e. The Bertz CT molecular complexity index is 127. The van der Waals surface area contributed by atoms with Crippen molar-refractivity contribution >= 4 is 6.21 Å². The van der Waals surface area contributed by atoms with E-state index >= 15 is 0 Å². The Labute approximate surface area is 62.6 Å². The van der Waals surface area contributed by atoms with E-state index in [2.05, 4.69) is 4.99 Å². The Morgan fingerprint density at radius 3 is 2.60 bits per heavy atom. The second kappa shape index (κ2) is 6.49. The Morgan fingerprint density at radius 1 is 1.50 bits per heavy atom. The average molecular weight is 141 g/mol. The minimum atomic E-state index is 0.747. The van der Waals surface area contributed by atoms with Gasteiger partial charge in [-0.2, -0.15) is 0 Å². The first-order valence-corrected chi connectivity index (χ1v) is 3.48. The van der Waals surface area contributed by atoms with Crippen molar-refractivity contribution in [2.75, 3.05) is 13.7 Å². The highest BCUT2D eigenvalue weighted by Gasteiger charge is 1.89. The smallest absolute Gasteiger partial charge is 0.0517 e.